The standard InChI is InChI=1S/C16H23N5O2/c1-9(14-6-5-7-23-14)17-16(22)13-8-12(18-19-13)15-10(2)20-21(4)11(15)3/h8-9,14H,5-7H2,1-4H3,(H,17,22)(H,18,19). The van der Waals surface area contributed by atoms with Crippen molar-refractivity contribution in [3.63, 3.8) is 0 Å². The summed E-state index contributed by atoms with van der Waals surface area (Å²) < 4.78 is 7.43. The van der Waals surface area contributed by atoms with E-state index in [4.69, 9.17) is 4.74 Å². The van der Waals surface area contributed by atoms with Crippen molar-refractivity contribution in [2.75, 3.05) is 6.61 Å². The van der Waals surface area contributed by atoms with Crippen molar-refractivity contribution in [3.05, 3.63) is 23.1 Å². The molecule has 2 aromatic rings. The summed E-state index contributed by atoms with van der Waals surface area (Å²) in [5.74, 6) is -0.161. The summed E-state index contributed by atoms with van der Waals surface area (Å²) >= 11 is 0. The molecule has 1 fully saturated rings. The lowest BCUT2D eigenvalue weighted by Crippen LogP contribution is -2.40. The van der Waals surface area contributed by atoms with E-state index < -0.39 is 0 Å². The predicted molar refractivity (Wildman–Crippen MR) is 86.2 cm³/mol. The van der Waals surface area contributed by atoms with Crippen LogP contribution in [0.15, 0.2) is 6.07 Å². The number of aryl methyl sites for hydroxylation is 2. The number of aromatic nitrogens is 4. The number of carbonyl (C=O) groups excluding carboxylic acids is 1. The van der Waals surface area contributed by atoms with E-state index in [-0.39, 0.29) is 18.1 Å². The first-order valence-corrected chi connectivity index (χ1v) is 7.96. The first-order chi connectivity index (χ1) is 11.0. The first-order valence-electron chi connectivity index (χ1n) is 7.96. The molecule has 3 rings (SSSR count). The summed E-state index contributed by atoms with van der Waals surface area (Å²) in [4.78, 5) is 12.4. The van der Waals surface area contributed by atoms with Gasteiger partial charge in [0.05, 0.1) is 23.5 Å². The molecule has 2 atom stereocenters. The molecule has 1 aliphatic rings. The van der Waals surface area contributed by atoms with Crippen molar-refractivity contribution in [1.82, 2.24) is 25.3 Å². The molecule has 1 amide bonds. The summed E-state index contributed by atoms with van der Waals surface area (Å²) in [6, 6.07) is 1.76. The number of nitrogens with zero attached hydrogens (tertiary/aromatic N) is 3. The van der Waals surface area contributed by atoms with Crippen molar-refractivity contribution in [3.8, 4) is 11.3 Å². The topological polar surface area (TPSA) is 84.8 Å². The molecule has 124 valence electrons. The van der Waals surface area contributed by atoms with E-state index in [1.54, 1.807) is 6.07 Å². The Balaban J connectivity index is 1.74. The van der Waals surface area contributed by atoms with Gasteiger partial charge >= 0.3 is 0 Å². The minimum absolute atomic E-state index is 0.0152. The van der Waals surface area contributed by atoms with Gasteiger partial charge in [0.15, 0.2) is 0 Å². The van der Waals surface area contributed by atoms with E-state index in [0.717, 1.165) is 42.1 Å². The number of nitrogens with one attached hydrogen (secondary N) is 2. The van der Waals surface area contributed by atoms with Gasteiger partial charge in [-0.25, -0.2) is 0 Å². The van der Waals surface area contributed by atoms with Gasteiger partial charge in [0.2, 0.25) is 0 Å². The highest BCUT2D eigenvalue weighted by molar-refractivity contribution is 5.93. The molecule has 2 aromatic heterocycles. The van der Waals surface area contributed by atoms with E-state index in [0.29, 0.717) is 5.69 Å². The third-order valence-corrected chi connectivity index (χ3v) is 4.47. The van der Waals surface area contributed by atoms with E-state index in [1.165, 1.54) is 0 Å². The SMILES string of the molecule is Cc1nn(C)c(C)c1-c1cc(C(=O)NC(C)C2CCCO2)[nH]n1. The van der Waals surface area contributed by atoms with Crippen molar-refractivity contribution < 1.29 is 9.53 Å². The molecule has 3 heterocycles. The zero-order valence-electron chi connectivity index (χ0n) is 14.0. The Kier molecular flexibility index (Phi) is 4.21. The van der Waals surface area contributed by atoms with E-state index in [1.807, 2.05) is 32.5 Å². The molecule has 7 heteroatoms. The molecule has 7 nitrogen and oxygen atoms in total. The molecule has 2 N–H and O–H groups in total. The van der Waals surface area contributed by atoms with Crippen LogP contribution in [0.3, 0.4) is 0 Å². The van der Waals surface area contributed by atoms with Crippen molar-refractivity contribution in [2.24, 2.45) is 7.05 Å². The number of rotatable bonds is 4. The van der Waals surface area contributed by atoms with Gasteiger partial charge in [-0.3, -0.25) is 14.6 Å². The number of ether oxygens (including phenoxy) is 1. The van der Waals surface area contributed by atoms with E-state index in [2.05, 4.69) is 20.6 Å². The average Bonchev–Trinajstić information content (AvgIpc) is 3.22. The molecule has 0 spiro atoms. The fourth-order valence-electron chi connectivity index (χ4n) is 3.08. The summed E-state index contributed by atoms with van der Waals surface area (Å²) in [7, 11) is 1.90. The van der Waals surface area contributed by atoms with Crippen LogP contribution in [0.5, 0.6) is 0 Å². The average molecular weight is 317 g/mol. The number of carbonyl (C=O) groups is 1. The Bertz CT molecular complexity index is 712. The summed E-state index contributed by atoms with van der Waals surface area (Å²) in [6.07, 6.45) is 2.15. The Morgan fingerprint density at radius 1 is 1.52 bits per heavy atom. The fourth-order valence-corrected chi connectivity index (χ4v) is 3.08. The zero-order chi connectivity index (χ0) is 16.6. The van der Waals surface area contributed by atoms with Crippen LogP contribution in [-0.2, 0) is 11.8 Å². The lowest BCUT2D eigenvalue weighted by atomic mass is 10.1. The monoisotopic (exact) mass is 317 g/mol. The van der Waals surface area contributed by atoms with E-state index in [9.17, 15) is 4.79 Å². The zero-order valence-corrected chi connectivity index (χ0v) is 14.0. The van der Waals surface area contributed by atoms with Gasteiger partial charge in [0.25, 0.3) is 5.91 Å². The maximum absolute atomic E-state index is 12.4. The maximum Gasteiger partial charge on any atom is 0.269 e. The molecule has 0 aromatic carbocycles. The van der Waals surface area contributed by atoms with Crippen LogP contribution in [0.25, 0.3) is 11.3 Å². The largest absolute Gasteiger partial charge is 0.376 e. The summed E-state index contributed by atoms with van der Waals surface area (Å²) in [6.45, 7) is 6.68. The third-order valence-electron chi connectivity index (χ3n) is 4.47. The molecule has 2 unspecified atom stereocenters. The van der Waals surface area contributed by atoms with Gasteiger partial charge in [0.1, 0.15) is 5.69 Å². The van der Waals surface area contributed by atoms with Gasteiger partial charge < -0.3 is 10.1 Å². The lowest BCUT2D eigenvalue weighted by Gasteiger charge is -2.19. The minimum Gasteiger partial charge on any atom is -0.376 e. The van der Waals surface area contributed by atoms with Crippen LogP contribution in [0, 0.1) is 13.8 Å². The molecular formula is C16H23N5O2. The second kappa shape index (κ2) is 6.16. The van der Waals surface area contributed by atoms with Crippen LogP contribution < -0.4 is 5.32 Å². The van der Waals surface area contributed by atoms with Gasteiger partial charge in [-0.1, -0.05) is 0 Å². The van der Waals surface area contributed by atoms with Crippen LogP contribution >= 0.6 is 0 Å². The van der Waals surface area contributed by atoms with Crippen LogP contribution in [0.1, 0.15) is 41.6 Å². The van der Waals surface area contributed by atoms with Gasteiger partial charge in [-0.15, -0.1) is 0 Å². The highest BCUT2D eigenvalue weighted by Crippen LogP contribution is 2.25. The number of amides is 1. The Hall–Kier alpha value is -2.15. The second-order valence-electron chi connectivity index (χ2n) is 6.15. The van der Waals surface area contributed by atoms with Crippen molar-refractivity contribution in [2.45, 2.75) is 45.8 Å². The van der Waals surface area contributed by atoms with Gasteiger partial charge in [-0.05, 0) is 39.7 Å². The molecule has 0 aliphatic carbocycles. The summed E-state index contributed by atoms with van der Waals surface area (Å²) in [5, 5.41) is 14.5. The molecule has 0 bridgehead atoms. The second-order valence-corrected chi connectivity index (χ2v) is 6.15. The third kappa shape index (κ3) is 3.01. The van der Waals surface area contributed by atoms with Crippen molar-refractivity contribution >= 4 is 5.91 Å². The Morgan fingerprint density at radius 2 is 2.30 bits per heavy atom. The van der Waals surface area contributed by atoms with E-state index >= 15 is 0 Å². The normalized spacial score (nSPS) is 19.0. The maximum atomic E-state index is 12.4. The van der Waals surface area contributed by atoms with Crippen LogP contribution in [0.4, 0.5) is 0 Å². The lowest BCUT2D eigenvalue weighted by molar-refractivity contribution is 0.0709. The van der Waals surface area contributed by atoms with Gasteiger partial charge in [0, 0.05) is 24.9 Å². The highest BCUT2D eigenvalue weighted by Gasteiger charge is 2.25. The Morgan fingerprint density at radius 3 is 2.91 bits per heavy atom. The number of H-pyrrole nitrogens is 1. The smallest absolute Gasteiger partial charge is 0.269 e. The number of hydrogen-bond donors (Lipinski definition) is 2. The van der Waals surface area contributed by atoms with Crippen LogP contribution in [-0.4, -0.2) is 44.6 Å². The number of aromatic amines is 1. The molecule has 23 heavy (non-hydrogen) atoms. The molecule has 0 saturated carbocycles. The first kappa shape index (κ1) is 15.7. The summed E-state index contributed by atoms with van der Waals surface area (Å²) in [5.41, 5.74) is 4.08. The highest BCUT2D eigenvalue weighted by atomic mass is 16.5. The van der Waals surface area contributed by atoms with Crippen LogP contribution in [0.2, 0.25) is 0 Å². The fraction of sp³-hybridized carbons (Fsp3) is 0.562. The Labute approximate surface area is 135 Å². The predicted octanol–water partition coefficient (Wildman–Crippen LogP) is 1.72. The van der Waals surface area contributed by atoms with Gasteiger partial charge in [-0.2, -0.15) is 10.2 Å². The molecule has 0 radical (unpaired) electrons. The number of hydrogen-bond acceptors (Lipinski definition) is 4. The molecule has 1 aliphatic heterocycles. The molecular weight excluding hydrogens is 294 g/mol. The quantitative estimate of drug-likeness (QED) is 0.899. The minimum atomic E-state index is -0.161. The van der Waals surface area contributed by atoms with Crippen molar-refractivity contribution in [1.29, 1.82) is 0 Å². The molecule has 1 saturated heterocycles.